The third-order valence-electron chi connectivity index (χ3n) is 4.20. The Hall–Kier alpha value is -2.28. The molecule has 3 rings (SSSR count). The average molecular weight is 290 g/mol. The number of hydrogen-bond acceptors (Lipinski definition) is 1. The fourth-order valence-corrected chi connectivity index (χ4v) is 3.22. The molecule has 1 nitrogen and oxygen atoms in total. The Kier molecular flexibility index (Phi) is 3.89. The number of fused-ring (bicyclic) bond motifs is 1. The van der Waals surface area contributed by atoms with Crippen LogP contribution in [-0.4, -0.2) is 0 Å². The molecule has 3 aromatic rings. The van der Waals surface area contributed by atoms with Gasteiger partial charge in [0.15, 0.2) is 0 Å². The molecular formula is C21H22O. The van der Waals surface area contributed by atoms with Gasteiger partial charge in [0, 0.05) is 16.2 Å². The van der Waals surface area contributed by atoms with E-state index in [-0.39, 0.29) is 0 Å². The Labute approximate surface area is 131 Å². The number of para-hydroxylation sites is 1. The van der Waals surface area contributed by atoms with E-state index in [1.807, 2.05) is 6.92 Å². The van der Waals surface area contributed by atoms with Gasteiger partial charge in [0.1, 0.15) is 11.0 Å². The molecule has 0 amide bonds. The van der Waals surface area contributed by atoms with Crippen LogP contribution in [0.25, 0.3) is 34.2 Å². The highest BCUT2D eigenvalue weighted by Crippen LogP contribution is 2.32. The molecule has 0 saturated heterocycles. The molecule has 0 bridgehead atoms. The fraction of sp³-hybridized carbons (Fsp3) is 0.238. The maximum absolute atomic E-state index is 6.21. The van der Waals surface area contributed by atoms with Gasteiger partial charge >= 0.3 is 0 Å². The zero-order valence-corrected chi connectivity index (χ0v) is 13.7. The van der Waals surface area contributed by atoms with Crippen LogP contribution < -0.4 is 10.6 Å². The van der Waals surface area contributed by atoms with Crippen molar-refractivity contribution in [2.45, 2.75) is 34.1 Å². The van der Waals surface area contributed by atoms with Gasteiger partial charge in [-0.05, 0) is 50.0 Å². The highest BCUT2D eigenvalue weighted by atomic mass is 16.3. The van der Waals surface area contributed by atoms with E-state index in [4.69, 9.17) is 4.42 Å². The van der Waals surface area contributed by atoms with Crippen LogP contribution in [-0.2, 0) is 0 Å². The number of rotatable bonds is 2. The van der Waals surface area contributed by atoms with Gasteiger partial charge in [0.05, 0.1) is 0 Å². The molecule has 22 heavy (non-hydrogen) atoms. The van der Waals surface area contributed by atoms with Gasteiger partial charge in [-0.15, -0.1) is 0 Å². The van der Waals surface area contributed by atoms with E-state index >= 15 is 0 Å². The van der Waals surface area contributed by atoms with Crippen molar-refractivity contribution in [2.75, 3.05) is 0 Å². The first-order chi connectivity index (χ1) is 10.7. The Balaban J connectivity index is 2.46. The lowest BCUT2D eigenvalue weighted by atomic mass is 9.94. The monoisotopic (exact) mass is 290 g/mol. The summed E-state index contributed by atoms with van der Waals surface area (Å²) in [5.74, 6) is 0. The van der Waals surface area contributed by atoms with E-state index in [1.165, 1.54) is 32.9 Å². The molecule has 112 valence electrons. The Morgan fingerprint density at radius 1 is 1.00 bits per heavy atom. The molecule has 0 N–H and O–H groups in total. The van der Waals surface area contributed by atoms with Crippen LogP contribution in [0.4, 0.5) is 0 Å². The molecular weight excluding hydrogens is 268 g/mol. The minimum absolute atomic E-state index is 0.968. The number of aryl methyl sites for hydroxylation is 2. The standard InChI is InChI=1S/C21H22O/c1-5-9-16-17-12-8-13-18(21(17)22-19(16)6-2)20-14(3)10-7-11-15(20)4/h6-13H,5H2,1-4H3/b16-9-,19-6+. The van der Waals surface area contributed by atoms with Gasteiger partial charge in [-0.3, -0.25) is 0 Å². The SMILES string of the molecule is C/C=c1/oc2c(-c3c(C)cccc3C)cccc2/c1=C/CC. The van der Waals surface area contributed by atoms with E-state index in [1.54, 1.807) is 0 Å². The van der Waals surface area contributed by atoms with Crippen molar-refractivity contribution in [3.05, 3.63) is 58.2 Å². The molecule has 0 aliphatic carbocycles. The van der Waals surface area contributed by atoms with Gasteiger partial charge in [0.25, 0.3) is 0 Å². The molecule has 0 atom stereocenters. The van der Waals surface area contributed by atoms with Crippen LogP contribution in [0.1, 0.15) is 31.4 Å². The Morgan fingerprint density at radius 2 is 1.68 bits per heavy atom. The molecule has 0 aliphatic rings. The molecule has 0 fully saturated rings. The van der Waals surface area contributed by atoms with Crippen LogP contribution >= 0.6 is 0 Å². The molecule has 1 aromatic heterocycles. The van der Waals surface area contributed by atoms with Crippen molar-refractivity contribution < 1.29 is 4.42 Å². The van der Waals surface area contributed by atoms with Crippen LogP contribution in [0.5, 0.6) is 0 Å². The zero-order chi connectivity index (χ0) is 15.7. The van der Waals surface area contributed by atoms with Crippen molar-refractivity contribution in [3.63, 3.8) is 0 Å². The van der Waals surface area contributed by atoms with Crippen molar-refractivity contribution in [1.82, 2.24) is 0 Å². The highest BCUT2D eigenvalue weighted by Gasteiger charge is 2.13. The van der Waals surface area contributed by atoms with Crippen LogP contribution in [0.2, 0.25) is 0 Å². The first-order valence-corrected chi connectivity index (χ1v) is 7.92. The summed E-state index contributed by atoms with van der Waals surface area (Å²) in [4.78, 5) is 0. The fourth-order valence-electron chi connectivity index (χ4n) is 3.22. The van der Waals surface area contributed by atoms with Gasteiger partial charge < -0.3 is 4.42 Å². The highest BCUT2D eigenvalue weighted by molar-refractivity contribution is 5.94. The van der Waals surface area contributed by atoms with E-state index in [0.717, 1.165) is 17.4 Å². The summed E-state index contributed by atoms with van der Waals surface area (Å²) >= 11 is 0. The van der Waals surface area contributed by atoms with Crippen LogP contribution in [0.3, 0.4) is 0 Å². The minimum atomic E-state index is 0.968. The van der Waals surface area contributed by atoms with Crippen molar-refractivity contribution in [1.29, 1.82) is 0 Å². The lowest BCUT2D eigenvalue weighted by Crippen LogP contribution is -2.19. The summed E-state index contributed by atoms with van der Waals surface area (Å²) in [6.07, 6.45) is 5.30. The molecule has 2 aromatic carbocycles. The lowest BCUT2D eigenvalue weighted by molar-refractivity contribution is 0.575. The second-order valence-corrected chi connectivity index (χ2v) is 5.73. The zero-order valence-electron chi connectivity index (χ0n) is 13.7. The predicted octanol–water partition coefficient (Wildman–Crippen LogP) is 4.71. The first kappa shape index (κ1) is 14.6. The number of hydrogen-bond donors (Lipinski definition) is 0. The van der Waals surface area contributed by atoms with Gasteiger partial charge in [0.2, 0.25) is 0 Å². The molecule has 0 unspecified atom stereocenters. The van der Waals surface area contributed by atoms with E-state index in [2.05, 4.69) is 69.3 Å². The smallest absolute Gasteiger partial charge is 0.143 e. The molecule has 0 aliphatic heterocycles. The third-order valence-corrected chi connectivity index (χ3v) is 4.20. The summed E-state index contributed by atoms with van der Waals surface area (Å²) in [7, 11) is 0. The maximum atomic E-state index is 6.21. The number of benzene rings is 2. The van der Waals surface area contributed by atoms with E-state index < -0.39 is 0 Å². The molecule has 0 spiro atoms. The lowest BCUT2D eigenvalue weighted by Gasteiger charge is -2.10. The van der Waals surface area contributed by atoms with Gasteiger partial charge in [-0.2, -0.15) is 0 Å². The molecule has 0 radical (unpaired) electrons. The second kappa shape index (κ2) is 5.84. The van der Waals surface area contributed by atoms with Crippen LogP contribution in [0, 0.1) is 13.8 Å². The summed E-state index contributed by atoms with van der Waals surface area (Å²) in [6.45, 7) is 8.52. The maximum Gasteiger partial charge on any atom is 0.143 e. The summed E-state index contributed by atoms with van der Waals surface area (Å²) in [5.41, 5.74) is 7.00. The molecule has 1 heterocycles. The Morgan fingerprint density at radius 3 is 2.32 bits per heavy atom. The first-order valence-electron chi connectivity index (χ1n) is 7.92. The third kappa shape index (κ3) is 2.27. The molecule has 1 heteroatoms. The Bertz CT molecular complexity index is 922. The predicted molar refractivity (Wildman–Crippen MR) is 95.3 cm³/mol. The number of furan rings is 1. The summed E-state index contributed by atoms with van der Waals surface area (Å²) < 4.78 is 6.21. The van der Waals surface area contributed by atoms with Crippen LogP contribution in [0.15, 0.2) is 40.8 Å². The van der Waals surface area contributed by atoms with Gasteiger partial charge in [-0.25, -0.2) is 0 Å². The molecule has 0 saturated carbocycles. The van der Waals surface area contributed by atoms with Crippen molar-refractivity contribution in [2.24, 2.45) is 0 Å². The average Bonchev–Trinajstić information content (AvgIpc) is 2.86. The second-order valence-electron chi connectivity index (χ2n) is 5.73. The van der Waals surface area contributed by atoms with Crippen molar-refractivity contribution >= 4 is 23.1 Å². The van der Waals surface area contributed by atoms with E-state index in [0.29, 0.717) is 0 Å². The summed E-state index contributed by atoms with van der Waals surface area (Å²) in [6, 6.07) is 12.9. The quantitative estimate of drug-likeness (QED) is 0.666. The van der Waals surface area contributed by atoms with Gasteiger partial charge in [-0.1, -0.05) is 49.4 Å². The normalized spacial score (nSPS) is 13.3. The van der Waals surface area contributed by atoms with E-state index in [9.17, 15) is 0 Å². The summed E-state index contributed by atoms with van der Waals surface area (Å²) in [5, 5.41) is 2.42. The van der Waals surface area contributed by atoms with Crippen molar-refractivity contribution in [3.8, 4) is 11.1 Å². The minimum Gasteiger partial charge on any atom is -0.456 e. The largest absolute Gasteiger partial charge is 0.456 e. The topological polar surface area (TPSA) is 13.1 Å².